The number of hydrogen-bond donors (Lipinski definition) is 2. The number of nitrogens with two attached hydrogens (primary N) is 2. The topological polar surface area (TPSA) is 94.9 Å². The molecular formula is C12H9F3N4O. The summed E-state index contributed by atoms with van der Waals surface area (Å²) in [6.07, 6.45) is -4.42. The number of aromatic nitrogens is 2. The number of nitrogen functional groups attached to an aromatic ring is 1. The molecule has 2 rings (SSSR count). The molecule has 2 aromatic rings. The molecule has 20 heavy (non-hydrogen) atoms. The molecule has 0 aliphatic heterocycles. The summed E-state index contributed by atoms with van der Waals surface area (Å²) in [6, 6.07) is 5.56. The van der Waals surface area contributed by atoms with Crippen molar-refractivity contribution < 1.29 is 18.0 Å². The van der Waals surface area contributed by atoms with Crippen LogP contribution in [-0.2, 0) is 6.18 Å². The van der Waals surface area contributed by atoms with Crippen molar-refractivity contribution in [3.8, 4) is 11.3 Å². The monoisotopic (exact) mass is 282 g/mol. The molecule has 5 nitrogen and oxygen atoms in total. The van der Waals surface area contributed by atoms with Gasteiger partial charge >= 0.3 is 6.18 Å². The molecule has 8 heteroatoms. The second-order valence-corrected chi connectivity index (χ2v) is 3.94. The van der Waals surface area contributed by atoms with Crippen LogP contribution in [0.1, 0.15) is 16.1 Å². The van der Waals surface area contributed by atoms with Crippen LogP contribution in [0, 0.1) is 0 Å². The minimum Gasteiger partial charge on any atom is -0.368 e. The summed E-state index contributed by atoms with van der Waals surface area (Å²) in [7, 11) is 0. The first-order valence-corrected chi connectivity index (χ1v) is 5.39. The molecule has 0 fully saturated rings. The van der Waals surface area contributed by atoms with E-state index in [1.165, 1.54) is 18.2 Å². The highest BCUT2D eigenvalue weighted by Crippen LogP contribution is 2.30. The molecule has 104 valence electrons. The van der Waals surface area contributed by atoms with Crippen LogP contribution >= 0.6 is 0 Å². The summed E-state index contributed by atoms with van der Waals surface area (Å²) in [4.78, 5) is 18.5. The van der Waals surface area contributed by atoms with Gasteiger partial charge in [0.05, 0.1) is 11.3 Å². The van der Waals surface area contributed by atoms with Crippen LogP contribution in [0.3, 0.4) is 0 Å². The average molecular weight is 282 g/mol. The normalized spacial score (nSPS) is 11.3. The fraction of sp³-hybridized carbons (Fsp3) is 0.0833. The average Bonchev–Trinajstić information content (AvgIpc) is 2.37. The van der Waals surface area contributed by atoms with Gasteiger partial charge in [0, 0.05) is 5.56 Å². The van der Waals surface area contributed by atoms with Crippen molar-refractivity contribution in [1.82, 2.24) is 9.97 Å². The Morgan fingerprint density at radius 2 is 1.70 bits per heavy atom. The van der Waals surface area contributed by atoms with E-state index in [1.807, 2.05) is 0 Å². The lowest BCUT2D eigenvalue weighted by Crippen LogP contribution is -2.15. The van der Waals surface area contributed by atoms with E-state index in [4.69, 9.17) is 11.5 Å². The van der Waals surface area contributed by atoms with Crippen molar-refractivity contribution >= 4 is 11.9 Å². The lowest BCUT2D eigenvalue weighted by Gasteiger charge is -2.08. The maximum atomic E-state index is 12.4. The van der Waals surface area contributed by atoms with Gasteiger partial charge in [0.15, 0.2) is 0 Å². The maximum Gasteiger partial charge on any atom is 0.416 e. The Hall–Kier alpha value is -2.64. The summed E-state index contributed by atoms with van der Waals surface area (Å²) < 4.78 is 37.3. The van der Waals surface area contributed by atoms with Crippen molar-refractivity contribution in [1.29, 1.82) is 0 Å². The molecule has 0 saturated heterocycles. The first-order chi connectivity index (χ1) is 9.27. The van der Waals surface area contributed by atoms with Gasteiger partial charge in [-0.3, -0.25) is 4.79 Å². The van der Waals surface area contributed by atoms with Gasteiger partial charge in [0.2, 0.25) is 5.95 Å². The van der Waals surface area contributed by atoms with Crippen LogP contribution in [0.15, 0.2) is 30.3 Å². The van der Waals surface area contributed by atoms with Crippen LogP contribution in [0.2, 0.25) is 0 Å². The van der Waals surface area contributed by atoms with Gasteiger partial charge in [0.1, 0.15) is 5.69 Å². The zero-order valence-corrected chi connectivity index (χ0v) is 9.98. The highest BCUT2D eigenvalue weighted by molar-refractivity contribution is 5.92. The number of carbonyl (C=O) groups is 1. The van der Waals surface area contributed by atoms with Crippen LogP contribution in [-0.4, -0.2) is 15.9 Å². The molecule has 0 spiro atoms. The number of carbonyl (C=O) groups excluding carboxylic acids is 1. The van der Waals surface area contributed by atoms with Gasteiger partial charge in [0.25, 0.3) is 5.91 Å². The molecule has 1 amide bonds. The Labute approximate surface area is 111 Å². The zero-order chi connectivity index (χ0) is 14.9. The van der Waals surface area contributed by atoms with Crippen LogP contribution in [0.4, 0.5) is 19.1 Å². The molecule has 4 N–H and O–H groups in total. The molecule has 1 aromatic carbocycles. The van der Waals surface area contributed by atoms with Crippen LogP contribution in [0.5, 0.6) is 0 Å². The molecule has 0 atom stereocenters. The molecule has 0 saturated carbocycles. The van der Waals surface area contributed by atoms with Gasteiger partial charge in [-0.25, -0.2) is 9.97 Å². The predicted molar refractivity (Wildman–Crippen MR) is 65.4 cm³/mol. The molecule has 0 radical (unpaired) electrons. The first kappa shape index (κ1) is 13.8. The molecular weight excluding hydrogens is 273 g/mol. The number of benzene rings is 1. The number of amides is 1. The Kier molecular flexibility index (Phi) is 3.31. The fourth-order valence-corrected chi connectivity index (χ4v) is 1.57. The van der Waals surface area contributed by atoms with E-state index in [2.05, 4.69) is 9.97 Å². The standard InChI is InChI=1S/C12H9F3N4O/c13-12(14,15)7-3-1-6(2-4-7)8-5-9(10(16)20)19-11(17)18-8/h1-5H,(H2,16,20)(H2,17,18,19). The van der Waals surface area contributed by atoms with E-state index in [0.717, 1.165) is 12.1 Å². The Bertz CT molecular complexity index is 653. The number of halogens is 3. The highest BCUT2D eigenvalue weighted by atomic mass is 19.4. The second kappa shape index (κ2) is 4.80. The summed E-state index contributed by atoms with van der Waals surface area (Å²) in [5.74, 6) is -0.983. The predicted octanol–water partition coefficient (Wildman–Crippen LogP) is 1.84. The van der Waals surface area contributed by atoms with Gasteiger partial charge in [-0.05, 0) is 18.2 Å². The van der Waals surface area contributed by atoms with Crippen molar-refractivity contribution in [3.63, 3.8) is 0 Å². The highest BCUT2D eigenvalue weighted by Gasteiger charge is 2.30. The van der Waals surface area contributed by atoms with Gasteiger partial charge in [-0.1, -0.05) is 12.1 Å². The summed E-state index contributed by atoms with van der Waals surface area (Å²) in [5.41, 5.74) is 10.2. The van der Waals surface area contributed by atoms with Gasteiger partial charge in [-0.2, -0.15) is 13.2 Å². The Morgan fingerprint density at radius 3 is 2.20 bits per heavy atom. The smallest absolute Gasteiger partial charge is 0.368 e. The summed E-state index contributed by atoms with van der Waals surface area (Å²) >= 11 is 0. The van der Waals surface area contributed by atoms with E-state index < -0.39 is 17.6 Å². The molecule has 0 aliphatic carbocycles. The van der Waals surface area contributed by atoms with E-state index in [0.29, 0.717) is 5.56 Å². The number of anilines is 1. The number of primary amides is 1. The molecule has 1 heterocycles. The summed E-state index contributed by atoms with van der Waals surface area (Å²) in [5, 5.41) is 0. The van der Waals surface area contributed by atoms with Crippen molar-refractivity contribution in [2.75, 3.05) is 5.73 Å². The number of alkyl halides is 3. The molecule has 0 aliphatic rings. The van der Waals surface area contributed by atoms with Crippen molar-refractivity contribution in [3.05, 3.63) is 41.6 Å². The first-order valence-electron chi connectivity index (χ1n) is 5.39. The van der Waals surface area contributed by atoms with E-state index in [1.54, 1.807) is 0 Å². The van der Waals surface area contributed by atoms with Crippen LogP contribution < -0.4 is 11.5 Å². The SMILES string of the molecule is NC(=O)c1cc(-c2ccc(C(F)(F)F)cc2)nc(N)n1. The van der Waals surface area contributed by atoms with Gasteiger partial charge < -0.3 is 11.5 Å². The van der Waals surface area contributed by atoms with Crippen molar-refractivity contribution in [2.45, 2.75) is 6.18 Å². The lowest BCUT2D eigenvalue weighted by molar-refractivity contribution is -0.137. The largest absolute Gasteiger partial charge is 0.416 e. The summed E-state index contributed by atoms with van der Waals surface area (Å²) in [6.45, 7) is 0. The number of hydrogen-bond acceptors (Lipinski definition) is 4. The quantitative estimate of drug-likeness (QED) is 0.878. The minimum atomic E-state index is -4.42. The minimum absolute atomic E-state index is 0.104. The zero-order valence-electron chi connectivity index (χ0n) is 9.98. The molecule has 1 aromatic heterocycles. The number of nitrogens with zero attached hydrogens (tertiary/aromatic N) is 2. The van der Waals surface area contributed by atoms with Gasteiger partial charge in [-0.15, -0.1) is 0 Å². The van der Waals surface area contributed by atoms with E-state index in [9.17, 15) is 18.0 Å². The van der Waals surface area contributed by atoms with Crippen molar-refractivity contribution in [2.24, 2.45) is 5.73 Å². The van der Waals surface area contributed by atoms with E-state index >= 15 is 0 Å². The third-order valence-electron chi connectivity index (χ3n) is 2.50. The second-order valence-electron chi connectivity index (χ2n) is 3.94. The number of rotatable bonds is 2. The third-order valence-corrected chi connectivity index (χ3v) is 2.50. The molecule has 0 bridgehead atoms. The Balaban J connectivity index is 2.44. The van der Waals surface area contributed by atoms with E-state index in [-0.39, 0.29) is 17.3 Å². The third kappa shape index (κ3) is 2.85. The fourth-order valence-electron chi connectivity index (χ4n) is 1.57. The molecule has 0 unspecified atom stereocenters. The van der Waals surface area contributed by atoms with Crippen LogP contribution in [0.25, 0.3) is 11.3 Å². The maximum absolute atomic E-state index is 12.4. The Morgan fingerprint density at radius 1 is 1.10 bits per heavy atom. The lowest BCUT2D eigenvalue weighted by atomic mass is 10.1.